The molecule has 0 amide bonds. The molecule has 0 fully saturated rings. The molecule has 7 nitrogen and oxygen atoms in total. The summed E-state index contributed by atoms with van der Waals surface area (Å²) in [6.45, 7) is 6.13. The van der Waals surface area contributed by atoms with Gasteiger partial charge in [-0.3, -0.25) is 4.68 Å². The van der Waals surface area contributed by atoms with E-state index >= 15 is 0 Å². The number of oxime groups is 1. The van der Waals surface area contributed by atoms with Gasteiger partial charge in [-0.15, -0.1) is 0 Å². The highest BCUT2D eigenvalue weighted by atomic mass is 16.6. The monoisotopic (exact) mass is 392 g/mol. The normalized spacial score (nSPS) is 13.4. The van der Waals surface area contributed by atoms with Gasteiger partial charge in [0.1, 0.15) is 19.8 Å². The molecule has 7 heteroatoms. The molecule has 0 saturated carbocycles. The number of nitrogens with zero attached hydrogens (tertiary/aromatic N) is 3. The molecule has 29 heavy (non-hydrogen) atoms. The molecule has 0 atom stereocenters. The van der Waals surface area contributed by atoms with Crippen molar-refractivity contribution in [1.82, 2.24) is 9.78 Å². The number of hydrogen-bond acceptors (Lipinski definition) is 5. The van der Waals surface area contributed by atoms with Crippen molar-refractivity contribution >= 4 is 5.84 Å². The van der Waals surface area contributed by atoms with E-state index in [0.29, 0.717) is 32.2 Å². The molecule has 1 aliphatic rings. The maximum Gasteiger partial charge on any atom is 0.170 e. The van der Waals surface area contributed by atoms with Crippen LogP contribution in [0.2, 0.25) is 0 Å². The molecule has 4 rings (SSSR count). The highest BCUT2D eigenvalue weighted by molar-refractivity contribution is 5.97. The average Bonchev–Trinajstić information content (AvgIpc) is 3.04. The van der Waals surface area contributed by atoms with Crippen molar-refractivity contribution in [2.75, 3.05) is 13.2 Å². The molecule has 3 aromatic rings. The smallest absolute Gasteiger partial charge is 0.170 e. The number of amidine groups is 1. The molecule has 0 unspecified atom stereocenters. The van der Waals surface area contributed by atoms with Crippen LogP contribution in [0, 0.1) is 13.8 Å². The van der Waals surface area contributed by atoms with E-state index in [-0.39, 0.29) is 0 Å². The summed E-state index contributed by atoms with van der Waals surface area (Å²) in [6.07, 6.45) is 0. The number of ether oxygens (including phenoxy) is 2. The first kappa shape index (κ1) is 18.9. The van der Waals surface area contributed by atoms with E-state index in [2.05, 4.69) is 16.3 Å². The van der Waals surface area contributed by atoms with Gasteiger partial charge >= 0.3 is 0 Å². The summed E-state index contributed by atoms with van der Waals surface area (Å²) in [5.41, 5.74) is 11.1. The van der Waals surface area contributed by atoms with Gasteiger partial charge in [0.15, 0.2) is 17.3 Å². The van der Waals surface area contributed by atoms with E-state index in [1.165, 1.54) is 0 Å². The first-order valence-electron chi connectivity index (χ1n) is 9.53. The molecule has 0 spiro atoms. The van der Waals surface area contributed by atoms with Crippen LogP contribution in [0.1, 0.15) is 28.1 Å². The standard InChI is InChI=1S/C22H24N4O3/c1-15-10-16(2)26(24-15)13-17-4-3-5-19(11-17)22(23)25-29-14-18-6-7-20-21(12-18)28-9-8-27-20/h3-7,10-12H,8-9,13-14H2,1-2H3,(H2,23,25). The number of rotatable bonds is 6. The van der Waals surface area contributed by atoms with E-state index in [0.717, 1.165) is 39.6 Å². The molecule has 1 aromatic heterocycles. The molecular weight excluding hydrogens is 368 g/mol. The third kappa shape index (κ3) is 4.51. The molecule has 2 N–H and O–H groups in total. The molecule has 0 aliphatic carbocycles. The lowest BCUT2D eigenvalue weighted by Crippen LogP contribution is -2.15. The quantitative estimate of drug-likeness (QED) is 0.396. The van der Waals surface area contributed by atoms with Crippen LogP contribution in [0.3, 0.4) is 0 Å². The molecule has 150 valence electrons. The predicted molar refractivity (Wildman–Crippen MR) is 110 cm³/mol. The maximum absolute atomic E-state index is 6.12. The van der Waals surface area contributed by atoms with Crippen molar-refractivity contribution in [2.24, 2.45) is 10.9 Å². The van der Waals surface area contributed by atoms with Crippen LogP contribution in [-0.4, -0.2) is 28.8 Å². The summed E-state index contributed by atoms with van der Waals surface area (Å²) < 4.78 is 13.1. The zero-order chi connectivity index (χ0) is 20.2. The van der Waals surface area contributed by atoms with Crippen molar-refractivity contribution in [2.45, 2.75) is 27.0 Å². The van der Waals surface area contributed by atoms with Gasteiger partial charge in [0, 0.05) is 11.3 Å². The Kier molecular flexibility index (Phi) is 5.37. The number of nitrogens with two attached hydrogens (primary N) is 1. The highest BCUT2D eigenvalue weighted by Gasteiger charge is 2.12. The lowest BCUT2D eigenvalue weighted by Gasteiger charge is -2.18. The van der Waals surface area contributed by atoms with E-state index in [1.807, 2.05) is 61.0 Å². The SMILES string of the molecule is Cc1cc(C)n(Cc2cccc(/C(N)=N/OCc3ccc4c(c3)OCCO4)c2)n1. The van der Waals surface area contributed by atoms with Crippen LogP contribution in [0.4, 0.5) is 0 Å². The van der Waals surface area contributed by atoms with Gasteiger partial charge in [-0.05, 0) is 49.2 Å². The summed E-state index contributed by atoms with van der Waals surface area (Å²) in [6, 6.07) is 15.7. The molecule has 0 radical (unpaired) electrons. The molecule has 0 saturated heterocycles. The van der Waals surface area contributed by atoms with Gasteiger partial charge in [0.05, 0.1) is 12.2 Å². The summed E-state index contributed by atoms with van der Waals surface area (Å²) in [5.74, 6) is 1.81. The number of hydrogen-bond donors (Lipinski definition) is 1. The first-order chi connectivity index (χ1) is 14.1. The average molecular weight is 392 g/mol. The lowest BCUT2D eigenvalue weighted by molar-refractivity contribution is 0.129. The Morgan fingerprint density at radius 2 is 1.90 bits per heavy atom. The zero-order valence-electron chi connectivity index (χ0n) is 16.6. The van der Waals surface area contributed by atoms with Crippen LogP contribution in [0.15, 0.2) is 53.7 Å². The minimum absolute atomic E-state index is 0.294. The van der Waals surface area contributed by atoms with Gasteiger partial charge in [-0.2, -0.15) is 5.10 Å². The van der Waals surface area contributed by atoms with Gasteiger partial charge in [-0.1, -0.05) is 29.4 Å². The van der Waals surface area contributed by atoms with Crippen molar-refractivity contribution < 1.29 is 14.3 Å². The largest absolute Gasteiger partial charge is 0.486 e. The fourth-order valence-corrected chi connectivity index (χ4v) is 3.24. The highest BCUT2D eigenvalue weighted by Crippen LogP contribution is 2.30. The van der Waals surface area contributed by atoms with Crippen LogP contribution in [0.5, 0.6) is 11.5 Å². The van der Waals surface area contributed by atoms with Crippen LogP contribution in [0.25, 0.3) is 0 Å². The predicted octanol–water partition coefficient (Wildman–Crippen LogP) is 3.16. The third-order valence-corrected chi connectivity index (χ3v) is 4.66. The van der Waals surface area contributed by atoms with E-state index in [9.17, 15) is 0 Å². The van der Waals surface area contributed by atoms with Gasteiger partial charge < -0.3 is 20.0 Å². The minimum Gasteiger partial charge on any atom is -0.486 e. The second-order valence-corrected chi connectivity index (χ2v) is 7.01. The van der Waals surface area contributed by atoms with Crippen LogP contribution >= 0.6 is 0 Å². The van der Waals surface area contributed by atoms with Crippen molar-refractivity contribution in [3.63, 3.8) is 0 Å². The summed E-state index contributed by atoms with van der Waals surface area (Å²) in [5, 5.41) is 8.58. The molecule has 1 aliphatic heterocycles. The molecule has 2 heterocycles. The Labute approximate surface area is 169 Å². The second-order valence-electron chi connectivity index (χ2n) is 7.01. The fourth-order valence-electron chi connectivity index (χ4n) is 3.24. The maximum atomic E-state index is 6.12. The van der Waals surface area contributed by atoms with E-state index in [1.54, 1.807) is 0 Å². The minimum atomic E-state index is 0.294. The Morgan fingerprint density at radius 1 is 1.07 bits per heavy atom. The van der Waals surface area contributed by atoms with Crippen LogP contribution < -0.4 is 15.2 Å². The Morgan fingerprint density at radius 3 is 2.69 bits per heavy atom. The zero-order valence-corrected chi connectivity index (χ0v) is 16.6. The molecule has 2 aromatic carbocycles. The molecular formula is C22H24N4O3. The van der Waals surface area contributed by atoms with Gasteiger partial charge in [0.25, 0.3) is 0 Å². The number of aromatic nitrogens is 2. The number of benzene rings is 2. The lowest BCUT2D eigenvalue weighted by atomic mass is 10.1. The topological polar surface area (TPSA) is 83.9 Å². The summed E-state index contributed by atoms with van der Waals surface area (Å²) >= 11 is 0. The van der Waals surface area contributed by atoms with Gasteiger partial charge in [-0.25, -0.2) is 0 Å². The Bertz CT molecular complexity index is 1040. The van der Waals surface area contributed by atoms with Crippen molar-refractivity contribution in [3.05, 3.63) is 76.6 Å². The number of fused-ring (bicyclic) bond motifs is 1. The number of aryl methyl sites for hydroxylation is 2. The van der Waals surface area contributed by atoms with Crippen LogP contribution in [-0.2, 0) is 18.0 Å². The summed E-state index contributed by atoms with van der Waals surface area (Å²) in [7, 11) is 0. The van der Waals surface area contributed by atoms with E-state index < -0.39 is 0 Å². The van der Waals surface area contributed by atoms with Crippen molar-refractivity contribution in [3.8, 4) is 11.5 Å². The Balaban J connectivity index is 1.40. The van der Waals surface area contributed by atoms with Crippen molar-refractivity contribution in [1.29, 1.82) is 0 Å². The molecule has 0 bridgehead atoms. The Hall–Kier alpha value is -3.48. The second kappa shape index (κ2) is 8.26. The summed E-state index contributed by atoms with van der Waals surface area (Å²) in [4.78, 5) is 5.46. The third-order valence-electron chi connectivity index (χ3n) is 4.66. The first-order valence-corrected chi connectivity index (χ1v) is 9.53. The van der Waals surface area contributed by atoms with E-state index in [4.69, 9.17) is 20.0 Å². The fraction of sp³-hybridized carbons (Fsp3) is 0.273. The van der Waals surface area contributed by atoms with Gasteiger partial charge in [0.2, 0.25) is 0 Å².